The molecule has 0 saturated carbocycles. The second kappa shape index (κ2) is 6.55. The topological polar surface area (TPSA) is 93.5 Å². The van der Waals surface area contributed by atoms with Crippen molar-refractivity contribution in [3.05, 3.63) is 29.8 Å². The Kier molecular flexibility index (Phi) is 4.45. The number of likely N-dealkylation sites (tertiary alicyclic amines) is 1. The molecule has 2 aliphatic rings. The third-order valence-corrected chi connectivity index (χ3v) is 4.89. The van der Waals surface area contributed by atoms with Crippen molar-refractivity contribution in [3.63, 3.8) is 0 Å². The van der Waals surface area contributed by atoms with Gasteiger partial charge in [-0.15, -0.1) is 0 Å². The normalized spacial score (nSPS) is 22.3. The lowest BCUT2D eigenvalue weighted by Crippen LogP contribution is -2.40. The smallest absolute Gasteiger partial charge is 0.241 e. The van der Waals surface area contributed by atoms with Crippen LogP contribution < -0.4 is 10.2 Å². The van der Waals surface area contributed by atoms with E-state index in [4.69, 9.17) is 5.26 Å². The molecule has 2 heterocycles. The van der Waals surface area contributed by atoms with Crippen LogP contribution in [0.5, 0.6) is 0 Å². The summed E-state index contributed by atoms with van der Waals surface area (Å²) in [4.78, 5) is 39.1. The first kappa shape index (κ1) is 17.0. The van der Waals surface area contributed by atoms with E-state index in [1.54, 1.807) is 28.0 Å². The van der Waals surface area contributed by atoms with Gasteiger partial charge in [-0.3, -0.25) is 14.4 Å². The minimum Gasteiger partial charge on any atom is -0.347 e. The molecule has 130 valence electrons. The zero-order chi connectivity index (χ0) is 18.0. The Morgan fingerprint density at radius 3 is 2.88 bits per heavy atom. The van der Waals surface area contributed by atoms with Crippen molar-refractivity contribution in [2.75, 3.05) is 31.1 Å². The molecular weight excluding hydrogens is 320 g/mol. The number of benzene rings is 1. The molecule has 0 radical (unpaired) electrons. The number of rotatable bonds is 3. The molecule has 25 heavy (non-hydrogen) atoms. The standard InChI is InChI=1S/C18H20N4O3/c1-13(23)20-10-17(25)21-6-5-18(11-21)8-16(24)22(12-18)15-4-2-3-14(7-15)9-19/h2-4,7H,5-6,8,10-12H2,1H3,(H,20,23)/t18-/m1/s1. The largest absolute Gasteiger partial charge is 0.347 e. The van der Waals surface area contributed by atoms with Crippen LogP contribution in [0.15, 0.2) is 24.3 Å². The molecule has 3 rings (SSSR count). The maximum atomic E-state index is 12.5. The van der Waals surface area contributed by atoms with Gasteiger partial charge in [0.15, 0.2) is 0 Å². The Morgan fingerprint density at radius 2 is 2.16 bits per heavy atom. The predicted octanol–water partition coefficient (Wildman–Crippen LogP) is 0.650. The maximum Gasteiger partial charge on any atom is 0.241 e. The molecule has 0 aromatic heterocycles. The monoisotopic (exact) mass is 340 g/mol. The zero-order valence-electron chi connectivity index (χ0n) is 14.1. The molecule has 0 unspecified atom stereocenters. The van der Waals surface area contributed by atoms with Crippen LogP contribution in [0.3, 0.4) is 0 Å². The number of nitrogens with zero attached hydrogens (tertiary/aromatic N) is 3. The van der Waals surface area contributed by atoms with Crippen LogP contribution in [0.25, 0.3) is 0 Å². The number of hydrogen-bond donors (Lipinski definition) is 1. The van der Waals surface area contributed by atoms with Crippen molar-refractivity contribution >= 4 is 23.4 Å². The minimum atomic E-state index is -0.244. The fourth-order valence-electron chi connectivity index (χ4n) is 3.61. The summed E-state index contributed by atoms with van der Waals surface area (Å²) >= 11 is 0. The fourth-order valence-corrected chi connectivity index (χ4v) is 3.61. The predicted molar refractivity (Wildman–Crippen MR) is 90.4 cm³/mol. The molecule has 1 aromatic carbocycles. The highest BCUT2D eigenvalue weighted by Crippen LogP contribution is 2.41. The molecule has 2 fully saturated rings. The van der Waals surface area contributed by atoms with Gasteiger partial charge in [-0.05, 0) is 24.6 Å². The molecule has 2 saturated heterocycles. The fraction of sp³-hybridized carbons (Fsp3) is 0.444. The van der Waals surface area contributed by atoms with Crippen molar-refractivity contribution in [1.82, 2.24) is 10.2 Å². The number of nitrogens with one attached hydrogen (secondary N) is 1. The van der Waals surface area contributed by atoms with Gasteiger partial charge in [-0.1, -0.05) is 6.07 Å². The summed E-state index contributed by atoms with van der Waals surface area (Å²) in [6, 6.07) is 9.10. The number of carbonyl (C=O) groups is 3. The van der Waals surface area contributed by atoms with Crippen molar-refractivity contribution in [1.29, 1.82) is 5.26 Å². The van der Waals surface area contributed by atoms with Gasteiger partial charge in [-0.2, -0.15) is 5.26 Å². The molecular formula is C18H20N4O3. The third-order valence-electron chi connectivity index (χ3n) is 4.89. The van der Waals surface area contributed by atoms with E-state index in [-0.39, 0.29) is 29.7 Å². The molecule has 2 aliphatic heterocycles. The van der Waals surface area contributed by atoms with E-state index in [0.29, 0.717) is 31.6 Å². The van der Waals surface area contributed by atoms with Crippen molar-refractivity contribution < 1.29 is 14.4 Å². The first-order valence-electron chi connectivity index (χ1n) is 8.25. The van der Waals surface area contributed by atoms with Gasteiger partial charge < -0.3 is 15.1 Å². The first-order valence-corrected chi connectivity index (χ1v) is 8.25. The summed E-state index contributed by atoms with van der Waals surface area (Å²) in [5.74, 6) is -0.336. The summed E-state index contributed by atoms with van der Waals surface area (Å²) in [6.45, 7) is 3.03. The van der Waals surface area contributed by atoms with Crippen LogP contribution in [0, 0.1) is 16.7 Å². The number of hydrogen-bond acceptors (Lipinski definition) is 4. The highest BCUT2D eigenvalue weighted by atomic mass is 16.2. The van der Waals surface area contributed by atoms with Crippen LogP contribution in [-0.4, -0.2) is 48.8 Å². The highest BCUT2D eigenvalue weighted by molar-refractivity contribution is 5.96. The van der Waals surface area contributed by atoms with Gasteiger partial charge in [0.1, 0.15) is 0 Å². The number of anilines is 1. The molecule has 7 nitrogen and oxygen atoms in total. The second-order valence-electron chi connectivity index (χ2n) is 6.79. The highest BCUT2D eigenvalue weighted by Gasteiger charge is 2.48. The Hall–Kier alpha value is -2.88. The molecule has 3 amide bonds. The lowest BCUT2D eigenvalue weighted by atomic mass is 9.86. The zero-order valence-corrected chi connectivity index (χ0v) is 14.1. The lowest BCUT2D eigenvalue weighted by molar-refractivity contribution is -0.132. The van der Waals surface area contributed by atoms with Crippen LogP contribution in [0.1, 0.15) is 25.3 Å². The van der Waals surface area contributed by atoms with Crippen molar-refractivity contribution in [3.8, 4) is 6.07 Å². The number of amides is 3. The van der Waals surface area contributed by atoms with E-state index in [9.17, 15) is 14.4 Å². The van der Waals surface area contributed by atoms with Crippen LogP contribution in [0.4, 0.5) is 5.69 Å². The molecule has 7 heteroatoms. The van der Waals surface area contributed by atoms with Gasteiger partial charge in [0, 0.05) is 44.1 Å². The molecule has 1 spiro atoms. The Bertz CT molecular complexity index is 770. The first-order chi connectivity index (χ1) is 11.9. The molecule has 0 aliphatic carbocycles. The molecule has 1 aromatic rings. The second-order valence-corrected chi connectivity index (χ2v) is 6.79. The average molecular weight is 340 g/mol. The Balaban J connectivity index is 1.69. The summed E-state index contributed by atoms with van der Waals surface area (Å²) in [6.07, 6.45) is 1.16. The summed E-state index contributed by atoms with van der Waals surface area (Å²) < 4.78 is 0. The van der Waals surface area contributed by atoms with E-state index < -0.39 is 0 Å². The molecule has 0 bridgehead atoms. The summed E-state index contributed by atoms with van der Waals surface area (Å²) in [7, 11) is 0. The van der Waals surface area contributed by atoms with Gasteiger partial charge in [0.05, 0.1) is 18.2 Å². The van der Waals surface area contributed by atoms with E-state index in [1.807, 2.05) is 6.07 Å². The van der Waals surface area contributed by atoms with E-state index >= 15 is 0 Å². The van der Waals surface area contributed by atoms with E-state index in [0.717, 1.165) is 12.1 Å². The summed E-state index contributed by atoms with van der Waals surface area (Å²) in [5, 5.41) is 11.6. The Labute approximate surface area is 146 Å². The van der Waals surface area contributed by atoms with Gasteiger partial charge in [-0.25, -0.2) is 0 Å². The van der Waals surface area contributed by atoms with Crippen LogP contribution >= 0.6 is 0 Å². The minimum absolute atomic E-state index is 0.00666. The van der Waals surface area contributed by atoms with E-state index in [1.165, 1.54) is 6.92 Å². The quantitative estimate of drug-likeness (QED) is 0.874. The SMILES string of the molecule is CC(=O)NCC(=O)N1CC[C@@]2(CC(=O)N(c3cccc(C#N)c3)C2)C1. The van der Waals surface area contributed by atoms with Crippen molar-refractivity contribution in [2.24, 2.45) is 5.41 Å². The summed E-state index contributed by atoms with van der Waals surface area (Å²) in [5.41, 5.74) is 1.000. The van der Waals surface area contributed by atoms with Crippen LogP contribution in [0.2, 0.25) is 0 Å². The maximum absolute atomic E-state index is 12.5. The van der Waals surface area contributed by atoms with Crippen LogP contribution in [-0.2, 0) is 14.4 Å². The number of carbonyl (C=O) groups excluding carboxylic acids is 3. The van der Waals surface area contributed by atoms with Crippen molar-refractivity contribution in [2.45, 2.75) is 19.8 Å². The van der Waals surface area contributed by atoms with Gasteiger partial charge >= 0.3 is 0 Å². The third kappa shape index (κ3) is 3.48. The lowest BCUT2D eigenvalue weighted by Gasteiger charge is -2.24. The Morgan fingerprint density at radius 1 is 1.36 bits per heavy atom. The average Bonchev–Trinajstić information content (AvgIpc) is 3.16. The van der Waals surface area contributed by atoms with Gasteiger partial charge in [0.25, 0.3) is 0 Å². The number of nitriles is 1. The molecule has 1 N–H and O–H groups in total. The van der Waals surface area contributed by atoms with E-state index in [2.05, 4.69) is 11.4 Å². The van der Waals surface area contributed by atoms with Gasteiger partial charge in [0.2, 0.25) is 17.7 Å². The molecule has 1 atom stereocenters.